The number of rotatable bonds is 4. The Morgan fingerprint density at radius 3 is 2.57 bits per heavy atom. The number of hydrogen-bond acceptors (Lipinski definition) is 3. The summed E-state index contributed by atoms with van der Waals surface area (Å²) in [4.78, 5) is 11.1. The molecule has 23 heavy (non-hydrogen) atoms. The van der Waals surface area contributed by atoms with Crippen molar-refractivity contribution in [1.29, 1.82) is 0 Å². The number of alkyl halides is 3. The number of carbonyl (C=O) groups is 1. The molecule has 1 aromatic carbocycles. The van der Waals surface area contributed by atoms with Crippen LogP contribution in [0.15, 0.2) is 24.4 Å². The van der Waals surface area contributed by atoms with Gasteiger partial charge in [-0.25, -0.2) is 4.79 Å². The van der Waals surface area contributed by atoms with Crippen LogP contribution in [-0.4, -0.2) is 20.9 Å². The topological polar surface area (TPSA) is 81.1 Å². The minimum Gasteiger partial charge on any atom is -0.478 e. The lowest BCUT2D eigenvalue weighted by Gasteiger charge is -2.17. The summed E-state index contributed by atoms with van der Waals surface area (Å²) in [5, 5.41) is 13.1. The highest BCUT2D eigenvalue weighted by Crippen LogP contribution is 2.35. The number of hydrogen-bond donors (Lipinski definition) is 2. The van der Waals surface area contributed by atoms with Gasteiger partial charge in [-0.1, -0.05) is 0 Å². The SMILES string of the molecule is CC(C)n1nccc1Cc1cc(C(=O)O)c(N)cc1C(F)(F)F. The van der Waals surface area contributed by atoms with E-state index in [2.05, 4.69) is 5.10 Å². The second-order valence-electron chi connectivity index (χ2n) is 5.44. The summed E-state index contributed by atoms with van der Waals surface area (Å²) in [5.41, 5.74) is 4.17. The molecule has 0 bridgehead atoms. The van der Waals surface area contributed by atoms with Crippen LogP contribution in [-0.2, 0) is 12.6 Å². The maximum atomic E-state index is 13.2. The first-order chi connectivity index (χ1) is 10.6. The van der Waals surface area contributed by atoms with Crippen LogP contribution in [0.5, 0.6) is 0 Å². The molecule has 1 aromatic heterocycles. The zero-order chi connectivity index (χ0) is 17.4. The van der Waals surface area contributed by atoms with Gasteiger partial charge in [-0.2, -0.15) is 18.3 Å². The number of carboxylic acid groups (broad SMARTS) is 1. The van der Waals surface area contributed by atoms with Gasteiger partial charge in [-0.3, -0.25) is 4.68 Å². The van der Waals surface area contributed by atoms with Crippen molar-refractivity contribution in [1.82, 2.24) is 9.78 Å². The first-order valence-corrected chi connectivity index (χ1v) is 6.86. The van der Waals surface area contributed by atoms with Gasteiger partial charge in [0.25, 0.3) is 0 Å². The zero-order valence-corrected chi connectivity index (χ0v) is 12.6. The molecule has 0 unspecified atom stereocenters. The lowest BCUT2D eigenvalue weighted by atomic mass is 9.97. The Kier molecular flexibility index (Phi) is 4.35. The summed E-state index contributed by atoms with van der Waals surface area (Å²) in [5.74, 6) is -1.37. The van der Waals surface area contributed by atoms with Crippen LogP contribution in [0.25, 0.3) is 0 Å². The number of carboxylic acids is 1. The molecule has 0 spiro atoms. The second-order valence-corrected chi connectivity index (χ2v) is 5.44. The number of nitrogen functional groups attached to an aromatic ring is 1. The first-order valence-electron chi connectivity index (χ1n) is 6.86. The Morgan fingerprint density at radius 2 is 2.04 bits per heavy atom. The molecule has 0 aliphatic heterocycles. The predicted octanol–water partition coefficient (Wildman–Crippen LogP) is 3.35. The smallest absolute Gasteiger partial charge is 0.416 e. The van der Waals surface area contributed by atoms with E-state index in [1.165, 1.54) is 6.20 Å². The number of nitrogens with two attached hydrogens (primary N) is 1. The van der Waals surface area contributed by atoms with E-state index in [0.717, 1.165) is 6.07 Å². The van der Waals surface area contributed by atoms with Crippen LogP contribution in [0.4, 0.5) is 18.9 Å². The molecule has 0 aliphatic rings. The van der Waals surface area contributed by atoms with Gasteiger partial charge >= 0.3 is 12.1 Å². The van der Waals surface area contributed by atoms with Crippen molar-refractivity contribution in [2.24, 2.45) is 0 Å². The van der Waals surface area contributed by atoms with E-state index in [9.17, 15) is 18.0 Å². The molecule has 0 amide bonds. The second kappa shape index (κ2) is 5.94. The van der Waals surface area contributed by atoms with Crippen LogP contribution in [0.1, 0.15) is 47.1 Å². The standard InChI is InChI=1S/C15H16F3N3O2/c1-8(2)21-10(3-4-20-21)5-9-6-11(14(22)23)13(19)7-12(9)15(16,17)18/h3-4,6-8H,5,19H2,1-2H3,(H,22,23). The van der Waals surface area contributed by atoms with Gasteiger partial charge < -0.3 is 10.8 Å². The lowest BCUT2D eigenvalue weighted by Crippen LogP contribution is -2.15. The normalized spacial score (nSPS) is 11.9. The third kappa shape index (κ3) is 3.46. The van der Waals surface area contributed by atoms with E-state index in [1.807, 2.05) is 13.8 Å². The van der Waals surface area contributed by atoms with Gasteiger partial charge in [0.2, 0.25) is 0 Å². The molecular formula is C15H16F3N3O2. The first kappa shape index (κ1) is 16.9. The Hall–Kier alpha value is -2.51. The van der Waals surface area contributed by atoms with Crippen molar-refractivity contribution in [3.63, 3.8) is 0 Å². The largest absolute Gasteiger partial charge is 0.478 e. The number of benzene rings is 1. The van der Waals surface area contributed by atoms with E-state index in [0.29, 0.717) is 11.8 Å². The summed E-state index contributed by atoms with van der Waals surface area (Å²) < 4.78 is 41.3. The fraction of sp³-hybridized carbons (Fsp3) is 0.333. The van der Waals surface area contributed by atoms with E-state index in [-0.39, 0.29) is 23.6 Å². The molecule has 2 rings (SSSR count). The maximum Gasteiger partial charge on any atom is 0.416 e. The molecule has 1 heterocycles. The van der Waals surface area contributed by atoms with Crippen LogP contribution in [0.2, 0.25) is 0 Å². The van der Waals surface area contributed by atoms with Crippen LogP contribution < -0.4 is 5.73 Å². The fourth-order valence-corrected chi connectivity index (χ4v) is 2.40. The molecule has 8 heteroatoms. The minimum atomic E-state index is -4.62. The van der Waals surface area contributed by atoms with Crippen LogP contribution in [0.3, 0.4) is 0 Å². The molecule has 0 saturated heterocycles. The van der Waals surface area contributed by atoms with E-state index < -0.39 is 23.4 Å². The zero-order valence-electron chi connectivity index (χ0n) is 12.6. The molecular weight excluding hydrogens is 311 g/mol. The Labute approximate surface area is 130 Å². The van der Waals surface area contributed by atoms with E-state index in [1.54, 1.807) is 10.7 Å². The van der Waals surface area contributed by atoms with Gasteiger partial charge in [-0.15, -0.1) is 0 Å². The van der Waals surface area contributed by atoms with Gasteiger partial charge in [0.05, 0.1) is 11.1 Å². The molecule has 0 saturated carbocycles. The summed E-state index contributed by atoms with van der Waals surface area (Å²) in [6, 6.07) is 3.24. The molecule has 124 valence electrons. The number of halogens is 3. The fourth-order valence-electron chi connectivity index (χ4n) is 2.40. The average Bonchev–Trinajstić information content (AvgIpc) is 2.87. The molecule has 5 nitrogen and oxygen atoms in total. The summed E-state index contributed by atoms with van der Waals surface area (Å²) >= 11 is 0. The summed E-state index contributed by atoms with van der Waals surface area (Å²) in [6.07, 6.45) is -3.21. The quantitative estimate of drug-likeness (QED) is 0.844. The van der Waals surface area contributed by atoms with E-state index >= 15 is 0 Å². The lowest BCUT2D eigenvalue weighted by molar-refractivity contribution is -0.138. The molecule has 3 N–H and O–H groups in total. The van der Waals surface area contributed by atoms with Crippen molar-refractivity contribution < 1.29 is 23.1 Å². The molecule has 0 fully saturated rings. The number of anilines is 1. The Morgan fingerprint density at radius 1 is 1.39 bits per heavy atom. The molecule has 0 atom stereocenters. The molecule has 0 radical (unpaired) electrons. The third-order valence-corrected chi connectivity index (χ3v) is 3.42. The van der Waals surface area contributed by atoms with Gasteiger partial charge in [0.1, 0.15) is 0 Å². The maximum absolute atomic E-state index is 13.2. The van der Waals surface area contributed by atoms with Crippen molar-refractivity contribution in [3.8, 4) is 0 Å². The molecule has 2 aromatic rings. The van der Waals surface area contributed by atoms with Crippen LogP contribution in [0, 0.1) is 0 Å². The number of aromatic carboxylic acids is 1. The number of nitrogens with zero attached hydrogens (tertiary/aromatic N) is 2. The highest BCUT2D eigenvalue weighted by molar-refractivity contribution is 5.94. The average molecular weight is 327 g/mol. The van der Waals surface area contributed by atoms with Crippen molar-refractivity contribution in [2.45, 2.75) is 32.5 Å². The summed E-state index contributed by atoms with van der Waals surface area (Å²) in [7, 11) is 0. The molecule has 0 aliphatic carbocycles. The Bertz CT molecular complexity index is 736. The van der Waals surface area contributed by atoms with Gasteiger partial charge in [0.15, 0.2) is 0 Å². The predicted molar refractivity (Wildman–Crippen MR) is 78.2 cm³/mol. The van der Waals surface area contributed by atoms with Crippen molar-refractivity contribution in [2.75, 3.05) is 5.73 Å². The van der Waals surface area contributed by atoms with Crippen LogP contribution >= 0.6 is 0 Å². The van der Waals surface area contributed by atoms with E-state index in [4.69, 9.17) is 10.8 Å². The van der Waals surface area contributed by atoms with Gasteiger partial charge in [0, 0.05) is 30.0 Å². The van der Waals surface area contributed by atoms with Crippen molar-refractivity contribution >= 4 is 11.7 Å². The Balaban J connectivity index is 2.57. The highest BCUT2D eigenvalue weighted by Gasteiger charge is 2.34. The van der Waals surface area contributed by atoms with Gasteiger partial charge in [-0.05, 0) is 37.6 Å². The highest BCUT2D eigenvalue weighted by atomic mass is 19.4. The third-order valence-electron chi connectivity index (χ3n) is 3.42. The minimum absolute atomic E-state index is 0.0259. The summed E-state index contributed by atoms with van der Waals surface area (Å²) in [6.45, 7) is 3.71. The van der Waals surface area contributed by atoms with Crippen molar-refractivity contribution in [3.05, 3.63) is 46.8 Å². The monoisotopic (exact) mass is 327 g/mol. The number of aromatic nitrogens is 2.